The van der Waals surface area contributed by atoms with E-state index in [1.807, 2.05) is 24.3 Å². The van der Waals surface area contributed by atoms with Crippen LogP contribution in [0.1, 0.15) is 43.6 Å². The van der Waals surface area contributed by atoms with Gasteiger partial charge in [0.15, 0.2) is 6.10 Å². The number of carbonyl (C=O) groups excluding carboxylic acids is 2. The van der Waals surface area contributed by atoms with Crippen molar-refractivity contribution in [2.24, 2.45) is 0 Å². The molecule has 0 fully saturated rings. The van der Waals surface area contributed by atoms with Crippen LogP contribution < -0.4 is 5.32 Å². The van der Waals surface area contributed by atoms with Gasteiger partial charge in [-0.25, -0.2) is 9.48 Å². The van der Waals surface area contributed by atoms with E-state index in [9.17, 15) is 9.59 Å². The van der Waals surface area contributed by atoms with Gasteiger partial charge in [-0.1, -0.05) is 32.9 Å². The van der Waals surface area contributed by atoms with Gasteiger partial charge in [-0.3, -0.25) is 4.79 Å². The number of benzene rings is 2. The number of ether oxygens (including phenoxy) is 1. The number of hydrogen-bond acceptors (Lipinski definition) is 6. The largest absolute Gasteiger partial charge is 0.449 e. The highest BCUT2D eigenvalue weighted by atomic mass is 16.5. The van der Waals surface area contributed by atoms with Gasteiger partial charge >= 0.3 is 5.97 Å². The first kappa shape index (κ1) is 20.2. The molecular weight excluding hydrogens is 370 g/mol. The molecule has 1 amide bonds. The maximum Gasteiger partial charge on any atom is 0.338 e. The van der Waals surface area contributed by atoms with Crippen molar-refractivity contribution in [1.82, 2.24) is 20.2 Å². The number of tetrazole rings is 1. The molecule has 3 aromatic rings. The second-order valence-electron chi connectivity index (χ2n) is 7.67. The number of rotatable bonds is 5. The molecule has 0 saturated heterocycles. The molecule has 29 heavy (non-hydrogen) atoms. The lowest BCUT2D eigenvalue weighted by atomic mass is 9.87. The monoisotopic (exact) mass is 393 g/mol. The number of esters is 1. The van der Waals surface area contributed by atoms with Gasteiger partial charge in [-0.15, -0.1) is 5.10 Å². The number of nitrogens with one attached hydrogen (secondary N) is 1. The highest BCUT2D eigenvalue weighted by Gasteiger charge is 2.20. The van der Waals surface area contributed by atoms with Crippen LogP contribution in [-0.2, 0) is 14.9 Å². The summed E-state index contributed by atoms with van der Waals surface area (Å²) in [5.74, 6) is -0.980. The van der Waals surface area contributed by atoms with Crippen LogP contribution in [0.3, 0.4) is 0 Å². The maximum absolute atomic E-state index is 12.4. The fourth-order valence-electron chi connectivity index (χ4n) is 2.61. The minimum Gasteiger partial charge on any atom is -0.449 e. The summed E-state index contributed by atoms with van der Waals surface area (Å²) in [6.07, 6.45) is 0.511. The maximum atomic E-state index is 12.4. The van der Waals surface area contributed by atoms with Crippen LogP contribution >= 0.6 is 0 Å². The van der Waals surface area contributed by atoms with E-state index in [-0.39, 0.29) is 5.41 Å². The van der Waals surface area contributed by atoms with E-state index in [2.05, 4.69) is 41.6 Å². The molecule has 0 aliphatic heterocycles. The zero-order valence-corrected chi connectivity index (χ0v) is 16.8. The summed E-state index contributed by atoms with van der Waals surface area (Å²) >= 11 is 0. The van der Waals surface area contributed by atoms with E-state index in [4.69, 9.17) is 4.74 Å². The molecule has 0 aliphatic carbocycles. The Morgan fingerprint density at radius 1 is 1.03 bits per heavy atom. The van der Waals surface area contributed by atoms with Crippen LogP contribution in [0.2, 0.25) is 0 Å². The quantitative estimate of drug-likeness (QED) is 0.669. The van der Waals surface area contributed by atoms with Gasteiger partial charge in [0.2, 0.25) is 0 Å². The number of hydrogen-bond donors (Lipinski definition) is 1. The number of aromatic nitrogens is 4. The summed E-state index contributed by atoms with van der Waals surface area (Å²) in [5.41, 5.74) is 2.88. The Kier molecular flexibility index (Phi) is 5.72. The highest BCUT2D eigenvalue weighted by Crippen LogP contribution is 2.23. The summed E-state index contributed by atoms with van der Waals surface area (Å²) in [7, 11) is 0. The molecule has 1 heterocycles. The van der Waals surface area contributed by atoms with E-state index < -0.39 is 18.0 Å². The van der Waals surface area contributed by atoms with Crippen molar-refractivity contribution in [2.45, 2.75) is 39.2 Å². The summed E-state index contributed by atoms with van der Waals surface area (Å²) in [6, 6.07) is 14.2. The lowest BCUT2D eigenvalue weighted by molar-refractivity contribution is -0.123. The molecule has 0 saturated carbocycles. The third-order valence-corrected chi connectivity index (χ3v) is 4.39. The van der Waals surface area contributed by atoms with Crippen LogP contribution in [-0.4, -0.2) is 38.2 Å². The van der Waals surface area contributed by atoms with Crippen molar-refractivity contribution in [3.8, 4) is 5.69 Å². The first-order valence-electron chi connectivity index (χ1n) is 9.20. The second-order valence-corrected chi connectivity index (χ2v) is 7.67. The number of carbonyl (C=O) groups is 2. The van der Waals surface area contributed by atoms with Gasteiger partial charge in [-0.05, 0) is 64.7 Å². The predicted molar refractivity (Wildman–Crippen MR) is 108 cm³/mol. The van der Waals surface area contributed by atoms with E-state index >= 15 is 0 Å². The molecule has 0 bridgehead atoms. The van der Waals surface area contributed by atoms with Gasteiger partial charge in [0.05, 0.1) is 11.3 Å². The minimum absolute atomic E-state index is 0.0331. The number of anilines is 1. The molecule has 0 aliphatic rings. The Bertz CT molecular complexity index is 975. The zero-order valence-electron chi connectivity index (χ0n) is 16.8. The smallest absolute Gasteiger partial charge is 0.338 e. The molecule has 0 radical (unpaired) electrons. The molecule has 150 valence electrons. The standard InChI is InChI=1S/C21H23N5O3/c1-14(19(27)23-17-9-7-16(8-10-17)21(2,3)4)29-20(28)15-5-11-18(12-6-15)26-13-22-24-25-26/h5-14H,1-4H3,(H,23,27). The van der Waals surface area contributed by atoms with Crippen molar-refractivity contribution >= 4 is 17.6 Å². The molecular formula is C21H23N5O3. The average molecular weight is 393 g/mol. The fourth-order valence-corrected chi connectivity index (χ4v) is 2.61. The second kappa shape index (κ2) is 8.22. The number of nitrogens with zero attached hydrogens (tertiary/aromatic N) is 4. The molecule has 0 spiro atoms. The third kappa shape index (κ3) is 5.04. The molecule has 1 unspecified atom stereocenters. The van der Waals surface area contributed by atoms with Crippen molar-refractivity contribution < 1.29 is 14.3 Å². The van der Waals surface area contributed by atoms with Crippen molar-refractivity contribution in [1.29, 1.82) is 0 Å². The Labute approximate surface area is 168 Å². The summed E-state index contributed by atoms with van der Waals surface area (Å²) < 4.78 is 6.75. The molecule has 8 heteroatoms. The van der Waals surface area contributed by atoms with Gasteiger partial charge in [0, 0.05) is 5.69 Å². The lowest BCUT2D eigenvalue weighted by Crippen LogP contribution is -2.30. The normalized spacial score (nSPS) is 12.3. The molecule has 1 N–H and O–H groups in total. The summed E-state index contributed by atoms with van der Waals surface area (Å²) in [4.78, 5) is 24.7. The first-order valence-corrected chi connectivity index (χ1v) is 9.20. The minimum atomic E-state index is -0.941. The van der Waals surface area contributed by atoms with Crippen molar-refractivity contribution in [3.05, 3.63) is 66.0 Å². The van der Waals surface area contributed by atoms with E-state index in [1.165, 1.54) is 23.5 Å². The lowest BCUT2D eigenvalue weighted by Gasteiger charge is -2.19. The van der Waals surface area contributed by atoms with E-state index in [0.29, 0.717) is 16.9 Å². The Morgan fingerprint density at radius 3 is 2.24 bits per heavy atom. The Balaban J connectivity index is 1.58. The zero-order chi connectivity index (χ0) is 21.0. The van der Waals surface area contributed by atoms with Gasteiger partial charge in [-0.2, -0.15) is 0 Å². The van der Waals surface area contributed by atoms with Gasteiger partial charge in [0.1, 0.15) is 6.33 Å². The predicted octanol–water partition coefficient (Wildman–Crippen LogP) is 3.14. The molecule has 1 atom stereocenters. The van der Waals surface area contributed by atoms with Crippen LogP contribution in [0.15, 0.2) is 54.9 Å². The van der Waals surface area contributed by atoms with Crippen LogP contribution in [0, 0.1) is 0 Å². The van der Waals surface area contributed by atoms with Crippen molar-refractivity contribution in [3.63, 3.8) is 0 Å². The van der Waals surface area contributed by atoms with E-state index in [0.717, 1.165) is 0 Å². The van der Waals surface area contributed by atoms with Gasteiger partial charge < -0.3 is 10.1 Å². The average Bonchev–Trinajstić information content (AvgIpc) is 3.22. The van der Waals surface area contributed by atoms with E-state index in [1.54, 1.807) is 24.3 Å². The third-order valence-electron chi connectivity index (χ3n) is 4.39. The molecule has 1 aromatic heterocycles. The number of amides is 1. The molecule has 3 rings (SSSR count). The van der Waals surface area contributed by atoms with Crippen LogP contribution in [0.5, 0.6) is 0 Å². The Morgan fingerprint density at radius 2 is 1.69 bits per heavy atom. The highest BCUT2D eigenvalue weighted by molar-refractivity contribution is 5.97. The topological polar surface area (TPSA) is 99.0 Å². The fraction of sp³-hybridized carbons (Fsp3) is 0.286. The molecule has 2 aromatic carbocycles. The van der Waals surface area contributed by atoms with Crippen LogP contribution in [0.25, 0.3) is 5.69 Å². The first-order chi connectivity index (χ1) is 13.7. The van der Waals surface area contributed by atoms with Crippen LogP contribution in [0.4, 0.5) is 5.69 Å². The Hall–Kier alpha value is -3.55. The summed E-state index contributed by atoms with van der Waals surface area (Å²) in [6.45, 7) is 7.90. The SMILES string of the molecule is CC(OC(=O)c1ccc(-n2cnnn2)cc1)C(=O)Nc1ccc(C(C)(C)C)cc1. The van der Waals surface area contributed by atoms with Gasteiger partial charge in [0.25, 0.3) is 5.91 Å². The molecule has 8 nitrogen and oxygen atoms in total. The summed E-state index contributed by atoms with van der Waals surface area (Å²) in [5, 5.41) is 13.7. The van der Waals surface area contributed by atoms with Crippen molar-refractivity contribution in [2.75, 3.05) is 5.32 Å².